The Morgan fingerprint density at radius 3 is 2.72 bits per heavy atom. The maximum Gasteiger partial charge on any atom is 0.0434 e. The van der Waals surface area contributed by atoms with E-state index in [4.69, 9.17) is 10.8 Å². The fourth-order valence-electron chi connectivity index (χ4n) is 2.71. The van der Waals surface area contributed by atoms with Crippen molar-refractivity contribution in [2.45, 2.75) is 32.2 Å². The molecule has 3 nitrogen and oxygen atoms in total. The lowest BCUT2D eigenvalue weighted by Gasteiger charge is -2.34. The van der Waals surface area contributed by atoms with Crippen LogP contribution >= 0.6 is 0 Å². The molecule has 0 aromatic heterocycles. The quantitative estimate of drug-likeness (QED) is 0.859. The van der Waals surface area contributed by atoms with Crippen LogP contribution < -0.4 is 10.6 Å². The average molecular weight is 248 g/mol. The third-order valence-electron chi connectivity index (χ3n) is 3.84. The lowest BCUT2D eigenvalue weighted by molar-refractivity contribution is 0.244. The van der Waals surface area contributed by atoms with E-state index in [9.17, 15) is 0 Å². The molecule has 0 radical (unpaired) electrons. The van der Waals surface area contributed by atoms with Gasteiger partial charge in [-0.25, -0.2) is 0 Å². The van der Waals surface area contributed by atoms with Gasteiger partial charge < -0.3 is 15.7 Å². The second-order valence-corrected chi connectivity index (χ2v) is 5.35. The molecule has 1 aliphatic rings. The highest BCUT2D eigenvalue weighted by molar-refractivity contribution is 5.48. The Labute approximate surface area is 110 Å². The molecule has 0 aliphatic carbocycles. The molecule has 1 heterocycles. The fraction of sp³-hybridized carbons (Fsp3) is 0.600. The average Bonchev–Trinajstić information content (AvgIpc) is 2.39. The number of nitrogens with zero attached hydrogens (tertiary/aromatic N) is 1. The summed E-state index contributed by atoms with van der Waals surface area (Å²) in [5.41, 5.74) is 8.33. The number of rotatable bonds is 4. The summed E-state index contributed by atoms with van der Waals surface area (Å²) in [6.45, 7) is 4.51. The number of aliphatic hydroxyl groups excluding tert-OH is 1. The molecule has 18 heavy (non-hydrogen) atoms. The summed E-state index contributed by atoms with van der Waals surface area (Å²) in [5, 5.41) is 9.04. The molecule has 100 valence electrons. The number of piperidine rings is 1. The van der Waals surface area contributed by atoms with E-state index in [0.717, 1.165) is 19.5 Å². The highest BCUT2D eigenvalue weighted by Crippen LogP contribution is 2.25. The van der Waals surface area contributed by atoms with Gasteiger partial charge in [0, 0.05) is 31.4 Å². The van der Waals surface area contributed by atoms with Crippen molar-refractivity contribution >= 4 is 5.69 Å². The van der Waals surface area contributed by atoms with E-state index >= 15 is 0 Å². The van der Waals surface area contributed by atoms with Gasteiger partial charge in [0.05, 0.1) is 0 Å². The van der Waals surface area contributed by atoms with E-state index in [2.05, 4.69) is 29.2 Å². The Bertz CT molecular complexity index is 359. The van der Waals surface area contributed by atoms with Crippen molar-refractivity contribution in [1.82, 2.24) is 0 Å². The maximum atomic E-state index is 9.04. The summed E-state index contributed by atoms with van der Waals surface area (Å²) >= 11 is 0. The van der Waals surface area contributed by atoms with Gasteiger partial charge in [0.2, 0.25) is 0 Å². The lowest BCUT2D eigenvalue weighted by Crippen LogP contribution is -2.35. The number of aliphatic hydroxyl groups is 1. The first-order chi connectivity index (χ1) is 8.70. The van der Waals surface area contributed by atoms with Gasteiger partial charge in [0.1, 0.15) is 0 Å². The minimum absolute atomic E-state index is 0.0996. The number of hydrogen-bond acceptors (Lipinski definition) is 3. The van der Waals surface area contributed by atoms with Gasteiger partial charge in [0.25, 0.3) is 0 Å². The summed E-state index contributed by atoms with van der Waals surface area (Å²) in [6, 6.07) is 8.67. The molecule has 3 N–H and O–H groups in total. The first kappa shape index (κ1) is 13.4. The molecule has 1 unspecified atom stereocenters. The highest BCUT2D eigenvalue weighted by atomic mass is 16.3. The Morgan fingerprint density at radius 1 is 1.39 bits per heavy atom. The van der Waals surface area contributed by atoms with E-state index in [1.54, 1.807) is 0 Å². The summed E-state index contributed by atoms with van der Waals surface area (Å²) in [6.07, 6.45) is 3.39. The van der Waals surface area contributed by atoms with Gasteiger partial charge >= 0.3 is 0 Å². The van der Waals surface area contributed by atoms with Crippen LogP contribution in [-0.2, 0) is 0 Å². The van der Waals surface area contributed by atoms with Crippen molar-refractivity contribution in [3.05, 3.63) is 29.8 Å². The third kappa shape index (κ3) is 3.24. The van der Waals surface area contributed by atoms with Crippen molar-refractivity contribution in [1.29, 1.82) is 0 Å². The lowest BCUT2D eigenvalue weighted by atomic mass is 9.94. The minimum Gasteiger partial charge on any atom is -0.396 e. The number of nitrogens with two attached hydrogens (primary N) is 1. The van der Waals surface area contributed by atoms with Crippen LogP contribution in [-0.4, -0.2) is 24.8 Å². The molecule has 0 spiro atoms. The van der Waals surface area contributed by atoms with E-state index in [0.29, 0.717) is 12.5 Å². The van der Waals surface area contributed by atoms with E-state index < -0.39 is 0 Å². The third-order valence-corrected chi connectivity index (χ3v) is 3.84. The molecule has 1 fully saturated rings. The molecule has 2 rings (SSSR count). The SMILES string of the molecule is C[C@@H](N)c1ccc(N2CCCC(CCO)C2)cc1. The van der Waals surface area contributed by atoms with Crippen molar-refractivity contribution in [2.24, 2.45) is 11.7 Å². The van der Waals surface area contributed by atoms with Crippen molar-refractivity contribution in [2.75, 3.05) is 24.6 Å². The molecule has 0 amide bonds. The molecule has 0 saturated carbocycles. The van der Waals surface area contributed by atoms with Crippen molar-refractivity contribution in [3.8, 4) is 0 Å². The van der Waals surface area contributed by atoms with Crippen LogP contribution in [0.5, 0.6) is 0 Å². The van der Waals surface area contributed by atoms with Crippen LogP contribution in [0.25, 0.3) is 0 Å². The van der Waals surface area contributed by atoms with Gasteiger partial charge in [-0.2, -0.15) is 0 Å². The Balaban J connectivity index is 2.02. The van der Waals surface area contributed by atoms with Gasteiger partial charge in [0.15, 0.2) is 0 Å². The Hall–Kier alpha value is -1.06. The minimum atomic E-state index is 0.0996. The van der Waals surface area contributed by atoms with Crippen LogP contribution in [0.3, 0.4) is 0 Å². The summed E-state index contributed by atoms with van der Waals surface area (Å²) in [5.74, 6) is 0.636. The molecule has 3 heteroatoms. The summed E-state index contributed by atoms with van der Waals surface area (Å²) in [7, 11) is 0. The predicted octanol–water partition coefficient (Wildman–Crippen LogP) is 2.31. The molecule has 1 aromatic rings. The van der Waals surface area contributed by atoms with Gasteiger partial charge in [-0.3, -0.25) is 0 Å². The zero-order valence-corrected chi connectivity index (χ0v) is 11.2. The molecular weight excluding hydrogens is 224 g/mol. The van der Waals surface area contributed by atoms with Crippen LogP contribution in [0.1, 0.15) is 37.8 Å². The topological polar surface area (TPSA) is 49.5 Å². The van der Waals surface area contributed by atoms with E-state index in [1.165, 1.54) is 24.1 Å². The van der Waals surface area contributed by atoms with E-state index in [-0.39, 0.29) is 6.04 Å². The first-order valence-electron chi connectivity index (χ1n) is 6.92. The predicted molar refractivity (Wildman–Crippen MR) is 75.7 cm³/mol. The zero-order valence-electron chi connectivity index (χ0n) is 11.2. The monoisotopic (exact) mass is 248 g/mol. The molecule has 0 bridgehead atoms. The Morgan fingerprint density at radius 2 is 2.11 bits per heavy atom. The number of hydrogen-bond donors (Lipinski definition) is 2. The zero-order chi connectivity index (χ0) is 13.0. The molecule has 2 atom stereocenters. The van der Waals surface area contributed by atoms with Crippen LogP contribution in [0.15, 0.2) is 24.3 Å². The smallest absolute Gasteiger partial charge is 0.0434 e. The first-order valence-corrected chi connectivity index (χ1v) is 6.92. The summed E-state index contributed by atoms with van der Waals surface area (Å²) in [4.78, 5) is 2.43. The molecule has 1 aromatic carbocycles. The van der Waals surface area contributed by atoms with Crippen molar-refractivity contribution in [3.63, 3.8) is 0 Å². The van der Waals surface area contributed by atoms with Crippen LogP contribution in [0.4, 0.5) is 5.69 Å². The largest absolute Gasteiger partial charge is 0.396 e. The van der Waals surface area contributed by atoms with E-state index in [1.807, 2.05) is 6.92 Å². The molecule has 1 saturated heterocycles. The van der Waals surface area contributed by atoms with Gasteiger partial charge in [-0.15, -0.1) is 0 Å². The van der Waals surface area contributed by atoms with Gasteiger partial charge in [-0.1, -0.05) is 12.1 Å². The van der Waals surface area contributed by atoms with Gasteiger partial charge in [-0.05, 0) is 49.8 Å². The fourth-order valence-corrected chi connectivity index (χ4v) is 2.71. The second-order valence-electron chi connectivity index (χ2n) is 5.35. The maximum absolute atomic E-state index is 9.04. The second kappa shape index (κ2) is 6.21. The standard InChI is InChI=1S/C15H24N2O/c1-12(16)14-4-6-15(7-5-14)17-9-2-3-13(11-17)8-10-18/h4-7,12-13,18H,2-3,8-11,16H2,1H3/t12-,13?/m1/s1. The highest BCUT2D eigenvalue weighted by Gasteiger charge is 2.19. The van der Waals surface area contributed by atoms with Crippen molar-refractivity contribution < 1.29 is 5.11 Å². The molecule has 1 aliphatic heterocycles. The number of anilines is 1. The summed E-state index contributed by atoms with van der Waals surface area (Å²) < 4.78 is 0. The van der Waals surface area contributed by atoms with Crippen LogP contribution in [0.2, 0.25) is 0 Å². The van der Waals surface area contributed by atoms with Crippen LogP contribution in [0, 0.1) is 5.92 Å². The number of benzene rings is 1. The molecular formula is C15H24N2O. The Kier molecular flexibility index (Phi) is 4.61. The normalized spacial score (nSPS) is 21.9.